The van der Waals surface area contributed by atoms with Gasteiger partial charge in [-0.05, 0) is 61.1 Å². The quantitative estimate of drug-likeness (QED) is 0.650. The van der Waals surface area contributed by atoms with E-state index < -0.39 is 6.04 Å². The van der Waals surface area contributed by atoms with Crippen molar-refractivity contribution in [1.29, 1.82) is 0 Å². The van der Waals surface area contributed by atoms with Crippen LogP contribution in [0.5, 0.6) is 0 Å². The molecule has 2 amide bonds. The van der Waals surface area contributed by atoms with Crippen LogP contribution < -0.4 is 10.6 Å². The van der Waals surface area contributed by atoms with Crippen molar-refractivity contribution in [2.45, 2.75) is 13.0 Å². The van der Waals surface area contributed by atoms with Crippen molar-refractivity contribution in [3.63, 3.8) is 0 Å². The van der Waals surface area contributed by atoms with Crippen molar-refractivity contribution in [2.75, 3.05) is 24.2 Å². The molecule has 3 aromatic rings. The highest BCUT2D eigenvalue weighted by molar-refractivity contribution is 6.30. The summed E-state index contributed by atoms with van der Waals surface area (Å²) in [7, 11) is 1.74. The normalized spacial score (nSPS) is 12.0. The molecule has 1 atom stereocenters. The second-order valence-corrected chi connectivity index (χ2v) is 7.13. The van der Waals surface area contributed by atoms with Gasteiger partial charge in [0.15, 0.2) is 0 Å². The fourth-order valence-electron chi connectivity index (χ4n) is 2.81. The SMILES string of the molecule is C[C@@H](C(=O)Nc1ccc2ccccc2c1)N(C)CC(=O)Nc1ccc(Cl)cc1. The van der Waals surface area contributed by atoms with Crippen LogP contribution >= 0.6 is 11.6 Å². The maximum Gasteiger partial charge on any atom is 0.241 e. The van der Waals surface area contributed by atoms with Crippen LogP contribution in [0, 0.1) is 0 Å². The highest BCUT2D eigenvalue weighted by atomic mass is 35.5. The molecule has 3 rings (SSSR count). The number of halogens is 1. The van der Waals surface area contributed by atoms with Crippen LogP contribution in [-0.2, 0) is 9.59 Å². The zero-order chi connectivity index (χ0) is 20.1. The lowest BCUT2D eigenvalue weighted by Crippen LogP contribution is -2.43. The van der Waals surface area contributed by atoms with E-state index in [-0.39, 0.29) is 18.4 Å². The van der Waals surface area contributed by atoms with E-state index in [4.69, 9.17) is 11.6 Å². The lowest BCUT2D eigenvalue weighted by atomic mass is 10.1. The van der Waals surface area contributed by atoms with E-state index in [1.54, 1.807) is 43.1 Å². The second kappa shape index (κ2) is 8.87. The molecule has 6 heteroatoms. The fraction of sp³-hybridized carbons (Fsp3) is 0.182. The van der Waals surface area contributed by atoms with E-state index in [1.807, 2.05) is 42.5 Å². The predicted molar refractivity (Wildman–Crippen MR) is 115 cm³/mol. The van der Waals surface area contributed by atoms with Crippen molar-refractivity contribution in [2.24, 2.45) is 0 Å². The number of rotatable bonds is 6. The van der Waals surface area contributed by atoms with Gasteiger partial charge in [-0.25, -0.2) is 0 Å². The van der Waals surface area contributed by atoms with Crippen LogP contribution in [0.15, 0.2) is 66.7 Å². The summed E-state index contributed by atoms with van der Waals surface area (Å²) in [6.45, 7) is 1.86. The molecule has 0 aliphatic heterocycles. The van der Waals surface area contributed by atoms with Crippen molar-refractivity contribution in [3.8, 4) is 0 Å². The molecule has 5 nitrogen and oxygen atoms in total. The first-order valence-corrected chi connectivity index (χ1v) is 9.35. The van der Waals surface area contributed by atoms with Gasteiger partial charge in [0.1, 0.15) is 0 Å². The minimum absolute atomic E-state index is 0.0922. The van der Waals surface area contributed by atoms with E-state index in [1.165, 1.54) is 0 Å². The first-order chi connectivity index (χ1) is 13.4. The number of nitrogens with one attached hydrogen (secondary N) is 2. The number of carbonyl (C=O) groups is 2. The third kappa shape index (κ3) is 5.09. The van der Waals surface area contributed by atoms with Gasteiger partial charge >= 0.3 is 0 Å². The summed E-state index contributed by atoms with van der Waals surface area (Å²) in [5, 5.41) is 8.49. The Morgan fingerprint density at radius 2 is 1.57 bits per heavy atom. The molecule has 0 aromatic heterocycles. The van der Waals surface area contributed by atoms with E-state index in [0.29, 0.717) is 10.7 Å². The van der Waals surface area contributed by atoms with Gasteiger partial charge in [0.05, 0.1) is 12.6 Å². The van der Waals surface area contributed by atoms with Crippen LogP contribution in [0.25, 0.3) is 10.8 Å². The van der Waals surface area contributed by atoms with Gasteiger partial charge in [-0.15, -0.1) is 0 Å². The molecule has 0 aliphatic carbocycles. The van der Waals surface area contributed by atoms with Gasteiger partial charge < -0.3 is 10.6 Å². The maximum absolute atomic E-state index is 12.6. The lowest BCUT2D eigenvalue weighted by Gasteiger charge is -2.23. The molecule has 144 valence electrons. The Balaban J connectivity index is 1.56. The molecule has 0 radical (unpaired) electrons. The Hall–Kier alpha value is -2.89. The number of amides is 2. The third-order valence-electron chi connectivity index (χ3n) is 4.58. The maximum atomic E-state index is 12.6. The Morgan fingerprint density at radius 3 is 2.29 bits per heavy atom. The average Bonchev–Trinajstić information content (AvgIpc) is 2.69. The van der Waals surface area contributed by atoms with Crippen LogP contribution in [0.1, 0.15) is 6.92 Å². The molecular formula is C22H22ClN3O2. The second-order valence-electron chi connectivity index (χ2n) is 6.70. The van der Waals surface area contributed by atoms with Crippen LogP contribution in [0.3, 0.4) is 0 Å². The monoisotopic (exact) mass is 395 g/mol. The number of carbonyl (C=O) groups excluding carboxylic acids is 2. The number of benzene rings is 3. The van der Waals surface area contributed by atoms with Crippen molar-refractivity contribution in [3.05, 3.63) is 71.8 Å². The van der Waals surface area contributed by atoms with Gasteiger partial charge in [0.2, 0.25) is 11.8 Å². The van der Waals surface area contributed by atoms with Gasteiger partial charge in [0, 0.05) is 16.4 Å². The van der Waals surface area contributed by atoms with Gasteiger partial charge in [-0.1, -0.05) is 41.9 Å². The molecule has 0 spiro atoms. The number of likely N-dealkylation sites (N-methyl/N-ethyl adjacent to an activating group) is 1. The number of hydrogen-bond acceptors (Lipinski definition) is 3. The number of anilines is 2. The van der Waals surface area contributed by atoms with Crippen LogP contribution in [-0.4, -0.2) is 36.3 Å². The molecule has 0 aliphatic rings. The molecule has 0 bridgehead atoms. The van der Waals surface area contributed by atoms with Crippen molar-refractivity contribution < 1.29 is 9.59 Å². The van der Waals surface area contributed by atoms with E-state index in [9.17, 15) is 9.59 Å². The summed E-state index contributed by atoms with van der Waals surface area (Å²) in [4.78, 5) is 26.5. The predicted octanol–water partition coefficient (Wildman–Crippen LogP) is 4.39. The number of nitrogens with zero attached hydrogens (tertiary/aromatic N) is 1. The lowest BCUT2D eigenvalue weighted by molar-refractivity contribution is -0.122. The average molecular weight is 396 g/mol. The summed E-state index contributed by atoms with van der Waals surface area (Å²) >= 11 is 5.84. The molecule has 0 fully saturated rings. The molecule has 3 aromatic carbocycles. The summed E-state index contributed by atoms with van der Waals surface area (Å²) < 4.78 is 0. The minimum atomic E-state index is -0.470. The van der Waals surface area contributed by atoms with Gasteiger partial charge in [-0.3, -0.25) is 14.5 Å². The van der Waals surface area contributed by atoms with Crippen molar-refractivity contribution in [1.82, 2.24) is 4.90 Å². The summed E-state index contributed by atoms with van der Waals surface area (Å²) in [6.07, 6.45) is 0. The summed E-state index contributed by atoms with van der Waals surface area (Å²) in [5.74, 6) is -0.368. The molecule has 0 heterocycles. The highest BCUT2D eigenvalue weighted by Crippen LogP contribution is 2.19. The Morgan fingerprint density at radius 1 is 0.929 bits per heavy atom. The highest BCUT2D eigenvalue weighted by Gasteiger charge is 2.20. The largest absolute Gasteiger partial charge is 0.325 e. The van der Waals surface area contributed by atoms with E-state index >= 15 is 0 Å². The molecule has 0 saturated carbocycles. The Kier molecular flexibility index (Phi) is 6.29. The number of hydrogen-bond donors (Lipinski definition) is 2. The molecule has 0 saturated heterocycles. The van der Waals surface area contributed by atoms with Crippen LogP contribution in [0.2, 0.25) is 5.02 Å². The smallest absolute Gasteiger partial charge is 0.241 e. The van der Waals surface area contributed by atoms with Gasteiger partial charge in [0.25, 0.3) is 0 Å². The molecule has 28 heavy (non-hydrogen) atoms. The molecule has 0 unspecified atom stereocenters. The van der Waals surface area contributed by atoms with E-state index in [2.05, 4.69) is 10.6 Å². The first kappa shape index (κ1) is 19.9. The Bertz CT molecular complexity index is 988. The van der Waals surface area contributed by atoms with Crippen molar-refractivity contribution >= 4 is 45.6 Å². The molecule has 2 N–H and O–H groups in total. The standard InChI is InChI=1S/C22H22ClN3O2/c1-15(26(2)14-21(27)24-19-11-8-18(23)9-12-19)22(28)25-20-10-7-16-5-3-4-6-17(16)13-20/h3-13,15H,14H2,1-2H3,(H,24,27)(H,25,28)/t15-/m0/s1. The number of fused-ring (bicyclic) bond motifs is 1. The molecular weight excluding hydrogens is 374 g/mol. The van der Waals surface area contributed by atoms with Gasteiger partial charge in [-0.2, -0.15) is 0 Å². The van der Waals surface area contributed by atoms with E-state index in [0.717, 1.165) is 16.5 Å². The summed E-state index contributed by atoms with van der Waals surface area (Å²) in [6, 6.07) is 20.2. The summed E-state index contributed by atoms with van der Waals surface area (Å²) in [5.41, 5.74) is 1.39. The first-order valence-electron chi connectivity index (χ1n) is 8.98. The third-order valence-corrected chi connectivity index (χ3v) is 4.83. The topological polar surface area (TPSA) is 61.4 Å². The van der Waals surface area contributed by atoms with Crippen LogP contribution in [0.4, 0.5) is 11.4 Å². The zero-order valence-corrected chi connectivity index (χ0v) is 16.5. The zero-order valence-electron chi connectivity index (χ0n) is 15.8. The minimum Gasteiger partial charge on any atom is -0.325 e. The fourth-order valence-corrected chi connectivity index (χ4v) is 2.94. The Labute approximate surface area is 169 Å².